The zero-order chi connectivity index (χ0) is 8.48. The van der Waals surface area contributed by atoms with Gasteiger partial charge in [0, 0.05) is 11.5 Å². The van der Waals surface area contributed by atoms with Crippen LogP contribution >= 0.6 is 0 Å². The van der Waals surface area contributed by atoms with Crippen molar-refractivity contribution in [1.29, 1.82) is 0 Å². The highest BCUT2D eigenvalue weighted by Gasteiger charge is 2.14. The second-order valence-corrected chi connectivity index (χ2v) is 3.56. The summed E-state index contributed by atoms with van der Waals surface area (Å²) in [7, 11) is 0. The molecule has 1 N–H and O–H groups in total. The number of H-pyrrole nitrogens is 1. The lowest BCUT2D eigenvalue weighted by molar-refractivity contribution is 0.557. The Labute approximate surface area is 65.5 Å². The molecule has 1 aromatic heterocycles. The molecule has 0 aliphatic carbocycles. The molecule has 0 aliphatic rings. The van der Waals surface area contributed by atoms with Crippen LogP contribution in [0.5, 0.6) is 0 Å². The molecule has 60 valence electrons. The number of rotatable bonds is 0. The largest absolute Gasteiger partial charge is 0.268 e. The van der Waals surface area contributed by atoms with Gasteiger partial charge in [-0.05, 0) is 6.07 Å². The van der Waals surface area contributed by atoms with E-state index in [0.29, 0.717) is 0 Å². The lowest BCUT2D eigenvalue weighted by Crippen LogP contribution is -2.17. The summed E-state index contributed by atoms with van der Waals surface area (Å²) >= 11 is 0. The van der Waals surface area contributed by atoms with Crippen LogP contribution in [0.1, 0.15) is 26.5 Å². The lowest BCUT2D eigenvalue weighted by atomic mass is 9.92. The number of nitrogens with one attached hydrogen (secondary N) is 1. The summed E-state index contributed by atoms with van der Waals surface area (Å²) < 4.78 is 0. The van der Waals surface area contributed by atoms with Gasteiger partial charge in [-0.15, -0.1) is 0 Å². The van der Waals surface area contributed by atoms with Crippen LogP contribution in [-0.2, 0) is 5.41 Å². The molecule has 0 aromatic carbocycles. The van der Waals surface area contributed by atoms with Gasteiger partial charge in [-0.2, -0.15) is 5.10 Å². The third-order valence-corrected chi connectivity index (χ3v) is 1.45. The summed E-state index contributed by atoms with van der Waals surface area (Å²) in [6.07, 6.45) is 0. The minimum Gasteiger partial charge on any atom is -0.268 e. The van der Waals surface area contributed by atoms with Gasteiger partial charge in [0.2, 0.25) is 0 Å². The molecule has 0 radical (unpaired) electrons. The summed E-state index contributed by atoms with van der Waals surface area (Å²) in [5, 5.41) is 6.31. The molecule has 0 saturated heterocycles. The van der Waals surface area contributed by atoms with Crippen molar-refractivity contribution in [2.24, 2.45) is 0 Å². The van der Waals surface area contributed by atoms with Gasteiger partial charge < -0.3 is 0 Å². The SMILES string of the molecule is CC(C)(C)c1ccc(=O)[nH]n1. The Morgan fingerprint density at radius 3 is 2.36 bits per heavy atom. The van der Waals surface area contributed by atoms with Crippen LogP contribution in [0.25, 0.3) is 0 Å². The standard InChI is InChI=1S/C8H12N2O/c1-8(2,3)6-4-5-7(11)10-9-6/h4-5H,1-3H3,(H,10,11). The minimum absolute atomic E-state index is 0.00417. The van der Waals surface area contributed by atoms with Gasteiger partial charge in [-0.3, -0.25) is 4.79 Å². The first-order valence-electron chi connectivity index (χ1n) is 3.56. The first-order valence-corrected chi connectivity index (χ1v) is 3.56. The molecule has 0 bridgehead atoms. The molecule has 0 fully saturated rings. The fourth-order valence-corrected chi connectivity index (χ4v) is 0.762. The van der Waals surface area contributed by atoms with E-state index in [0.717, 1.165) is 5.69 Å². The number of aromatic amines is 1. The monoisotopic (exact) mass is 152 g/mol. The topological polar surface area (TPSA) is 45.8 Å². The third-order valence-electron chi connectivity index (χ3n) is 1.45. The second kappa shape index (κ2) is 2.49. The van der Waals surface area contributed by atoms with Gasteiger partial charge in [0.05, 0.1) is 5.69 Å². The highest BCUT2D eigenvalue weighted by Crippen LogP contribution is 2.17. The zero-order valence-electron chi connectivity index (χ0n) is 7.01. The molecule has 3 nitrogen and oxygen atoms in total. The van der Waals surface area contributed by atoms with E-state index >= 15 is 0 Å². The Balaban J connectivity index is 3.09. The first kappa shape index (κ1) is 7.98. The Hall–Kier alpha value is -1.12. The van der Waals surface area contributed by atoms with E-state index in [4.69, 9.17) is 0 Å². The molecular formula is C8H12N2O. The Morgan fingerprint density at radius 2 is 2.00 bits per heavy atom. The number of nitrogens with zero attached hydrogens (tertiary/aromatic N) is 1. The summed E-state index contributed by atoms with van der Waals surface area (Å²) in [6, 6.07) is 3.24. The molecular weight excluding hydrogens is 140 g/mol. The highest BCUT2D eigenvalue weighted by molar-refractivity contribution is 5.09. The maximum atomic E-state index is 10.6. The van der Waals surface area contributed by atoms with E-state index in [9.17, 15) is 4.79 Å². The van der Waals surface area contributed by atoms with E-state index in [-0.39, 0.29) is 11.0 Å². The van der Waals surface area contributed by atoms with Crippen LogP contribution in [0.15, 0.2) is 16.9 Å². The Kier molecular flexibility index (Phi) is 1.81. The van der Waals surface area contributed by atoms with E-state index in [1.165, 1.54) is 6.07 Å². The Bertz CT molecular complexity index is 275. The van der Waals surface area contributed by atoms with Gasteiger partial charge in [-0.1, -0.05) is 20.8 Å². The highest BCUT2D eigenvalue weighted by atomic mass is 16.1. The Morgan fingerprint density at radius 1 is 1.36 bits per heavy atom. The number of hydrogen-bond acceptors (Lipinski definition) is 2. The quantitative estimate of drug-likeness (QED) is 0.604. The average molecular weight is 152 g/mol. The average Bonchev–Trinajstić information content (AvgIpc) is 1.86. The van der Waals surface area contributed by atoms with Crippen molar-refractivity contribution < 1.29 is 0 Å². The molecule has 0 amide bonds. The molecule has 0 saturated carbocycles. The molecule has 0 unspecified atom stereocenters. The van der Waals surface area contributed by atoms with Crippen LogP contribution in [-0.4, -0.2) is 10.2 Å². The smallest absolute Gasteiger partial charge is 0.264 e. The van der Waals surface area contributed by atoms with Crippen molar-refractivity contribution in [1.82, 2.24) is 10.2 Å². The van der Waals surface area contributed by atoms with Crippen LogP contribution in [0.3, 0.4) is 0 Å². The van der Waals surface area contributed by atoms with Gasteiger partial charge in [0.15, 0.2) is 0 Å². The van der Waals surface area contributed by atoms with Crippen molar-refractivity contribution in [3.05, 3.63) is 28.2 Å². The fraction of sp³-hybridized carbons (Fsp3) is 0.500. The number of aromatic nitrogens is 2. The van der Waals surface area contributed by atoms with Gasteiger partial charge in [0.25, 0.3) is 5.56 Å². The number of hydrogen-bond donors (Lipinski definition) is 1. The van der Waals surface area contributed by atoms with E-state index in [1.54, 1.807) is 6.07 Å². The van der Waals surface area contributed by atoms with Crippen molar-refractivity contribution in [2.45, 2.75) is 26.2 Å². The van der Waals surface area contributed by atoms with Crippen molar-refractivity contribution in [3.63, 3.8) is 0 Å². The molecule has 0 aliphatic heterocycles. The van der Waals surface area contributed by atoms with E-state index in [1.807, 2.05) is 20.8 Å². The molecule has 0 atom stereocenters. The van der Waals surface area contributed by atoms with Gasteiger partial charge in [0.1, 0.15) is 0 Å². The molecule has 1 aromatic rings. The van der Waals surface area contributed by atoms with E-state index < -0.39 is 0 Å². The molecule has 1 heterocycles. The predicted octanol–water partition coefficient (Wildman–Crippen LogP) is 1.07. The van der Waals surface area contributed by atoms with Crippen LogP contribution in [0, 0.1) is 0 Å². The molecule has 11 heavy (non-hydrogen) atoms. The molecule has 3 heteroatoms. The third kappa shape index (κ3) is 1.90. The summed E-state index contributed by atoms with van der Waals surface area (Å²) in [5.74, 6) is 0. The first-order chi connectivity index (χ1) is 5.00. The zero-order valence-corrected chi connectivity index (χ0v) is 7.01. The molecule has 0 spiro atoms. The van der Waals surface area contributed by atoms with Crippen molar-refractivity contribution in [2.75, 3.05) is 0 Å². The normalized spacial score (nSPS) is 11.5. The molecule has 1 rings (SSSR count). The fourth-order valence-electron chi connectivity index (χ4n) is 0.762. The maximum Gasteiger partial charge on any atom is 0.264 e. The van der Waals surface area contributed by atoms with Crippen LogP contribution < -0.4 is 5.56 Å². The van der Waals surface area contributed by atoms with Crippen LogP contribution in [0.2, 0.25) is 0 Å². The second-order valence-electron chi connectivity index (χ2n) is 3.56. The predicted molar refractivity (Wildman–Crippen MR) is 43.6 cm³/mol. The van der Waals surface area contributed by atoms with Gasteiger partial charge in [-0.25, -0.2) is 5.10 Å². The lowest BCUT2D eigenvalue weighted by Gasteiger charge is -2.15. The van der Waals surface area contributed by atoms with Crippen molar-refractivity contribution >= 4 is 0 Å². The minimum atomic E-state index is -0.155. The van der Waals surface area contributed by atoms with Crippen LogP contribution in [0.4, 0.5) is 0 Å². The van der Waals surface area contributed by atoms with Crippen molar-refractivity contribution in [3.8, 4) is 0 Å². The summed E-state index contributed by atoms with van der Waals surface area (Å²) in [4.78, 5) is 10.6. The van der Waals surface area contributed by atoms with Gasteiger partial charge >= 0.3 is 0 Å². The van der Waals surface area contributed by atoms with E-state index in [2.05, 4.69) is 10.2 Å². The maximum absolute atomic E-state index is 10.6. The summed E-state index contributed by atoms with van der Waals surface area (Å²) in [5.41, 5.74) is 0.750. The summed E-state index contributed by atoms with van der Waals surface area (Å²) in [6.45, 7) is 6.15.